The molecule has 0 bridgehead atoms. The van der Waals surface area contributed by atoms with Gasteiger partial charge in [0.25, 0.3) is 0 Å². The lowest BCUT2D eigenvalue weighted by Crippen LogP contribution is -1.85. The number of aliphatic carboxylic acids is 1. The molecule has 2 heteroatoms. The van der Waals surface area contributed by atoms with E-state index in [1.54, 1.807) is 6.08 Å². The minimum atomic E-state index is -0.929. The summed E-state index contributed by atoms with van der Waals surface area (Å²) < 4.78 is 0. The van der Waals surface area contributed by atoms with Crippen molar-refractivity contribution in [1.82, 2.24) is 0 Å². The largest absolute Gasteiger partial charge is 0.478 e. The Kier molecular flexibility index (Phi) is 7.86. The van der Waals surface area contributed by atoms with Crippen LogP contribution >= 0.6 is 0 Å². The van der Waals surface area contributed by atoms with Crippen LogP contribution in [0, 0.1) is 5.92 Å². The number of hydrogen-bond donors (Lipinski definition) is 1. The first kappa shape index (κ1) is 14.4. The van der Waals surface area contributed by atoms with Gasteiger partial charge in [-0.3, -0.25) is 0 Å². The van der Waals surface area contributed by atoms with E-state index < -0.39 is 5.97 Å². The number of allylic oxidation sites excluding steroid dienone is 7. The number of carbonyl (C=O) groups is 1. The summed E-state index contributed by atoms with van der Waals surface area (Å²) in [6.07, 6.45) is 13.4. The van der Waals surface area contributed by atoms with Crippen LogP contribution in [0.4, 0.5) is 0 Å². The Balaban J connectivity index is 4.10. The molecular weight excluding hydrogens is 200 g/mol. The molecular formula is C14H20O2. The van der Waals surface area contributed by atoms with Gasteiger partial charge < -0.3 is 5.11 Å². The lowest BCUT2D eigenvalue weighted by Gasteiger charge is -2.00. The lowest BCUT2D eigenvalue weighted by atomic mass is 10.1. The van der Waals surface area contributed by atoms with Crippen molar-refractivity contribution in [2.75, 3.05) is 0 Å². The molecule has 0 aliphatic heterocycles. The summed E-state index contributed by atoms with van der Waals surface area (Å²) >= 11 is 0. The molecule has 88 valence electrons. The Labute approximate surface area is 97.7 Å². The van der Waals surface area contributed by atoms with Gasteiger partial charge in [-0.05, 0) is 12.8 Å². The maximum absolute atomic E-state index is 10.1. The predicted octanol–water partition coefficient (Wildman–Crippen LogP) is 3.73. The maximum Gasteiger partial charge on any atom is 0.328 e. The van der Waals surface area contributed by atoms with Crippen molar-refractivity contribution in [3.05, 3.63) is 48.1 Å². The molecule has 0 fully saturated rings. The molecule has 0 saturated carbocycles. The third-order valence-corrected chi connectivity index (χ3v) is 2.12. The van der Waals surface area contributed by atoms with Crippen molar-refractivity contribution in [3.63, 3.8) is 0 Å². The van der Waals surface area contributed by atoms with Crippen LogP contribution in [0.25, 0.3) is 0 Å². The molecule has 1 N–H and O–H groups in total. The van der Waals surface area contributed by atoms with Gasteiger partial charge in [-0.1, -0.05) is 62.3 Å². The molecule has 0 aromatic carbocycles. The highest BCUT2D eigenvalue weighted by molar-refractivity contribution is 5.80. The highest BCUT2D eigenvalue weighted by Gasteiger charge is 1.91. The normalized spacial score (nSPS) is 15.3. The van der Waals surface area contributed by atoms with E-state index in [1.807, 2.05) is 18.2 Å². The summed E-state index contributed by atoms with van der Waals surface area (Å²) in [5.74, 6) is -0.331. The van der Waals surface area contributed by atoms with Gasteiger partial charge in [-0.25, -0.2) is 4.79 Å². The summed E-state index contributed by atoms with van der Waals surface area (Å²) in [6.45, 7) is 6.40. The van der Waals surface area contributed by atoms with E-state index in [9.17, 15) is 4.79 Å². The molecule has 0 aliphatic rings. The van der Waals surface area contributed by atoms with Gasteiger partial charge in [0.2, 0.25) is 0 Å². The molecule has 0 spiro atoms. The molecule has 0 aliphatic carbocycles. The number of carboxylic acids is 1. The first-order valence-corrected chi connectivity index (χ1v) is 5.49. The number of hydrogen-bond acceptors (Lipinski definition) is 1. The SMILES string of the molecule is CCC(C)/C=C(C)/C=C/C=C/C=C/C(=O)O. The van der Waals surface area contributed by atoms with Crippen LogP contribution in [0.15, 0.2) is 48.1 Å². The van der Waals surface area contributed by atoms with Crippen LogP contribution in [0.2, 0.25) is 0 Å². The number of rotatable bonds is 6. The zero-order valence-electron chi connectivity index (χ0n) is 10.2. The molecule has 16 heavy (non-hydrogen) atoms. The van der Waals surface area contributed by atoms with Crippen LogP contribution < -0.4 is 0 Å². The molecule has 0 aromatic rings. The Hall–Kier alpha value is -1.57. The molecule has 1 unspecified atom stereocenters. The van der Waals surface area contributed by atoms with Gasteiger partial charge in [-0.15, -0.1) is 0 Å². The summed E-state index contributed by atoms with van der Waals surface area (Å²) in [7, 11) is 0. The molecule has 2 nitrogen and oxygen atoms in total. The van der Waals surface area contributed by atoms with Gasteiger partial charge >= 0.3 is 5.97 Å². The second kappa shape index (κ2) is 8.72. The van der Waals surface area contributed by atoms with Crippen molar-refractivity contribution in [2.24, 2.45) is 5.92 Å². The molecule has 0 heterocycles. The van der Waals surface area contributed by atoms with E-state index in [0.29, 0.717) is 5.92 Å². The zero-order valence-corrected chi connectivity index (χ0v) is 10.2. The van der Waals surface area contributed by atoms with Gasteiger partial charge in [0.15, 0.2) is 0 Å². The van der Waals surface area contributed by atoms with Crippen molar-refractivity contribution >= 4 is 5.97 Å². The van der Waals surface area contributed by atoms with Crippen LogP contribution in [0.3, 0.4) is 0 Å². The van der Waals surface area contributed by atoms with E-state index in [0.717, 1.165) is 12.5 Å². The van der Waals surface area contributed by atoms with Crippen molar-refractivity contribution in [3.8, 4) is 0 Å². The first-order chi connectivity index (χ1) is 7.56. The van der Waals surface area contributed by atoms with Crippen LogP contribution in [0.1, 0.15) is 27.2 Å². The fourth-order valence-corrected chi connectivity index (χ4v) is 1.10. The van der Waals surface area contributed by atoms with E-state index in [2.05, 4.69) is 26.8 Å². The van der Waals surface area contributed by atoms with E-state index in [1.165, 1.54) is 11.6 Å². The number of carboxylic acid groups (broad SMARTS) is 1. The smallest absolute Gasteiger partial charge is 0.328 e. The van der Waals surface area contributed by atoms with E-state index >= 15 is 0 Å². The summed E-state index contributed by atoms with van der Waals surface area (Å²) in [5.41, 5.74) is 1.22. The van der Waals surface area contributed by atoms with Crippen LogP contribution in [-0.4, -0.2) is 11.1 Å². The third-order valence-electron chi connectivity index (χ3n) is 2.12. The second-order valence-electron chi connectivity index (χ2n) is 3.74. The Morgan fingerprint density at radius 2 is 1.75 bits per heavy atom. The third kappa shape index (κ3) is 9.00. The lowest BCUT2D eigenvalue weighted by molar-refractivity contribution is -0.131. The van der Waals surface area contributed by atoms with Gasteiger partial charge in [0.05, 0.1) is 0 Å². The van der Waals surface area contributed by atoms with Gasteiger partial charge in [0.1, 0.15) is 0 Å². The highest BCUT2D eigenvalue weighted by atomic mass is 16.4. The predicted molar refractivity (Wildman–Crippen MR) is 68.3 cm³/mol. The fourth-order valence-electron chi connectivity index (χ4n) is 1.10. The van der Waals surface area contributed by atoms with Gasteiger partial charge in [0, 0.05) is 6.08 Å². The van der Waals surface area contributed by atoms with Gasteiger partial charge in [-0.2, -0.15) is 0 Å². The van der Waals surface area contributed by atoms with Crippen molar-refractivity contribution in [1.29, 1.82) is 0 Å². The zero-order chi connectivity index (χ0) is 12.4. The molecule has 0 radical (unpaired) electrons. The Morgan fingerprint density at radius 1 is 1.19 bits per heavy atom. The summed E-state index contributed by atoms with van der Waals surface area (Å²) in [4.78, 5) is 10.1. The molecule has 0 saturated heterocycles. The quantitative estimate of drug-likeness (QED) is 0.547. The Bertz CT molecular complexity index is 320. The van der Waals surface area contributed by atoms with E-state index in [4.69, 9.17) is 5.11 Å². The van der Waals surface area contributed by atoms with Crippen LogP contribution in [-0.2, 0) is 4.79 Å². The van der Waals surface area contributed by atoms with Crippen molar-refractivity contribution < 1.29 is 9.90 Å². The monoisotopic (exact) mass is 220 g/mol. The fraction of sp³-hybridized carbons (Fsp3) is 0.357. The average Bonchev–Trinajstić information content (AvgIpc) is 2.22. The highest BCUT2D eigenvalue weighted by Crippen LogP contribution is 2.07. The first-order valence-electron chi connectivity index (χ1n) is 5.49. The molecule has 0 aromatic heterocycles. The Morgan fingerprint density at radius 3 is 2.25 bits per heavy atom. The minimum absolute atomic E-state index is 0.598. The van der Waals surface area contributed by atoms with Crippen molar-refractivity contribution in [2.45, 2.75) is 27.2 Å². The van der Waals surface area contributed by atoms with Crippen LogP contribution in [0.5, 0.6) is 0 Å². The molecule has 0 amide bonds. The topological polar surface area (TPSA) is 37.3 Å². The summed E-state index contributed by atoms with van der Waals surface area (Å²) in [6, 6.07) is 0. The summed E-state index contributed by atoms with van der Waals surface area (Å²) in [5, 5.41) is 8.34. The standard InChI is InChI=1S/C14H20O2/c1-4-12(2)11-13(3)9-7-5-6-8-10-14(15)16/h5-12H,4H2,1-3H3,(H,15,16)/b6-5+,9-7+,10-8+,13-11+. The maximum atomic E-state index is 10.1. The van der Waals surface area contributed by atoms with E-state index in [-0.39, 0.29) is 0 Å². The molecule has 0 rings (SSSR count). The average molecular weight is 220 g/mol. The second-order valence-corrected chi connectivity index (χ2v) is 3.74. The minimum Gasteiger partial charge on any atom is -0.478 e. The molecule has 1 atom stereocenters.